The van der Waals surface area contributed by atoms with Crippen LogP contribution in [0.15, 0.2) is 59.5 Å². The second kappa shape index (κ2) is 8.60. The molecule has 9 heteroatoms. The van der Waals surface area contributed by atoms with Crippen LogP contribution >= 0.6 is 11.3 Å². The highest BCUT2D eigenvalue weighted by molar-refractivity contribution is 7.92. The van der Waals surface area contributed by atoms with Crippen molar-refractivity contribution in [1.29, 1.82) is 0 Å². The molecule has 0 aliphatic heterocycles. The number of aromatic nitrogens is 3. The van der Waals surface area contributed by atoms with Gasteiger partial charge in [0.25, 0.3) is 10.0 Å². The third kappa shape index (κ3) is 5.00. The monoisotopic (exact) mass is 454 g/mol. The third-order valence-corrected chi connectivity index (χ3v) is 6.73. The molecule has 1 N–H and O–H groups in total. The predicted octanol–water partition coefficient (Wildman–Crippen LogP) is 4.90. The summed E-state index contributed by atoms with van der Waals surface area (Å²) in [5.74, 6) is 0.890. The Labute approximate surface area is 185 Å². The van der Waals surface area contributed by atoms with Crippen molar-refractivity contribution in [1.82, 2.24) is 15.2 Å². The molecule has 4 aromatic rings. The van der Waals surface area contributed by atoms with Gasteiger partial charge in [-0.2, -0.15) is 0 Å². The molecule has 2 aromatic heterocycles. The minimum Gasteiger partial charge on any atom is -0.476 e. The normalized spacial score (nSPS) is 11.7. The molecule has 0 saturated heterocycles. The average Bonchev–Trinajstić information content (AvgIpc) is 3.12. The van der Waals surface area contributed by atoms with Gasteiger partial charge < -0.3 is 4.74 Å². The number of rotatable bonds is 7. The fraction of sp³-hybridized carbons (Fsp3) is 0.227. The number of benzene rings is 2. The predicted molar refractivity (Wildman–Crippen MR) is 123 cm³/mol. The first kappa shape index (κ1) is 21.2. The number of sulfonamides is 1. The highest BCUT2D eigenvalue weighted by Crippen LogP contribution is 2.26. The smallest absolute Gasteiger partial charge is 0.261 e. The molecule has 0 amide bonds. The SMILES string of the molecule is Cc1nc2ccc(S(=O)(=O)Nc3ccc(-c4ccc(OCC(C)C)nn4)cc3)cc2s1. The Morgan fingerprint density at radius 3 is 2.48 bits per heavy atom. The molecule has 0 radical (unpaired) electrons. The van der Waals surface area contributed by atoms with Gasteiger partial charge in [0.1, 0.15) is 0 Å². The summed E-state index contributed by atoms with van der Waals surface area (Å²) in [7, 11) is -3.71. The molecule has 160 valence electrons. The average molecular weight is 455 g/mol. The van der Waals surface area contributed by atoms with E-state index in [0.717, 1.165) is 20.8 Å². The van der Waals surface area contributed by atoms with Crippen molar-refractivity contribution in [3.05, 3.63) is 59.6 Å². The van der Waals surface area contributed by atoms with Gasteiger partial charge in [-0.1, -0.05) is 26.0 Å². The minimum absolute atomic E-state index is 0.204. The molecule has 2 aromatic carbocycles. The number of nitrogens with one attached hydrogen (secondary N) is 1. The lowest BCUT2D eigenvalue weighted by Gasteiger charge is -2.09. The van der Waals surface area contributed by atoms with Crippen molar-refractivity contribution in [3.8, 4) is 17.1 Å². The number of nitrogens with zero attached hydrogens (tertiary/aromatic N) is 3. The lowest BCUT2D eigenvalue weighted by atomic mass is 10.1. The Bertz CT molecular complexity index is 1300. The van der Waals surface area contributed by atoms with E-state index in [4.69, 9.17) is 4.74 Å². The van der Waals surface area contributed by atoms with Gasteiger partial charge in [0.15, 0.2) is 0 Å². The number of aryl methyl sites for hydroxylation is 1. The Kier molecular flexibility index (Phi) is 5.88. The van der Waals surface area contributed by atoms with Gasteiger partial charge in [0.05, 0.1) is 32.4 Å². The van der Waals surface area contributed by atoms with E-state index in [2.05, 4.69) is 33.8 Å². The first-order valence-electron chi connectivity index (χ1n) is 9.77. The van der Waals surface area contributed by atoms with Crippen LogP contribution in [0.2, 0.25) is 0 Å². The molecule has 0 saturated carbocycles. The number of ether oxygens (including phenoxy) is 1. The van der Waals surface area contributed by atoms with Gasteiger partial charge in [-0.05, 0) is 49.2 Å². The molecular weight excluding hydrogens is 432 g/mol. The van der Waals surface area contributed by atoms with E-state index < -0.39 is 10.0 Å². The van der Waals surface area contributed by atoms with Crippen molar-refractivity contribution in [2.24, 2.45) is 5.92 Å². The molecule has 4 rings (SSSR count). The summed E-state index contributed by atoms with van der Waals surface area (Å²) in [6, 6.07) is 15.5. The molecule has 31 heavy (non-hydrogen) atoms. The molecule has 0 bridgehead atoms. The van der Waals surface area contributed by atoms with Gasteiger partial charge >= 0.3 is 0 Å². The molecule has 0 aliphatic rings. The van der Waals surface area contributed by atoms with E-state index in [1.165, 1.54) is 11.3 Å². The quantitative estimate of drug-likeness (QED) is 0.427. The Morgan fingerprint density at radius 2 is 1.81 bits per heavy atom. The molecule has 0 aliphatic carbocycles. The molecular formula is C22H22N4O3S2. The van der Waals surface area contributed by atoms with E-state index in [1.54, 1.807) is 48.5 Å². The summed E-state index contributed by atoms with van der Waals surface area (Å²) in [6.07, 6.45) is 0. The van der Waals surface area contributed by atoms with E-state index in [9.17, 15) is 8.42 Å². The second-order valence-electron chi connectivity index (χ2n) is 7.51. The standard InChI is InChI=1S/C22H22N4O3S2/c1-14(2)13-29-22-11-10-19(24-25-22)16-4-6-17(7-5-16)26-31(27,28)18-8-9-20-21(12-18)30-15(3)23-20/h4-12,14,26H,13H2,1-3H3. The van der Waals surface area contributed by atoms with Gasteiger partial charge in [0, 0.05) is 17.3 Å². The first-order valence-corrected chi connectivity index (χ1v) is 12.1. The van der Waals surface area contributed by atoms with Crippen LogP contribution in [0.1, 0.15) is 18.9 Å². The molecule has 0 spiro atoms. The van der Waals surface area contributed by atoms with Gasteiger partial charge in [-0.25, -0.2) is 13.4 Å². The second-order valence-corrected chi connectivity index (χ2v) is 10.4. The van der Waals surface area contributed by atoms with Crippen LogP contribution in [0.5, 0.6) is 5.88 Å². The summed E-state index contributed by atoms with van der Waals surface area (Å²) in [4.78, 5) is 4.57. The highest BCUT2D eigenvalue weighted by Gasteiger charge is 2.16. The lowest BCUT2D eigenvalue weighted by Crippen LogP contribution is -2.12. The lowest BCUT2D eigenvalue weighted by molar-refractivity contribution is 0.258. The van der Waals surface area contributed by atoms with Crippen LogP contribution in [-0.4, -0.2) is 30.2 Å². The van der Waals surface area contributed by atoms with Crippen molar-refractivity contribution < 1.29 is 13.2 Å². The highest BCUT2D eigenvalue weighted by atomic mass is 32.2. The summed E-state index contributed by atoms with van der Waals surface area (Å²) < 4.78 is 34.6. The summed E-state index contributed by atoms with van der Waals surface area (Å²) in [5.41, 5.74) is 2.77. The number of anilines is 1. The fourth-order valence-electron chi connectivity index (χ4n) is 2.91. The number of thiazole rings is 1. The van der Waals surface area contributed by atoms with Crippen LogP contribution in [0.4, 0.5) is 5.69 Å². The van der Waals surface area contributed by atoms with Gasteiger partial charge in [-0.15, -0.1) is 21.5 Å². The molecule has 7 nitrogen and oxygen atoms in total. The fourth-order valence-corrected chi connectivity index (χ4v) is 4.94. The number of fused-ring (bicyclic) bond motifs is 1. The Hall–Kier alpha value is -3.04. The minimum atomic E-state index is -3.71. The van der Waals surface area contributed by atoms with Crippen molar-refractivity contribution in [2.45, 2.75) is 25.7 Å². The summed E-state index contributed by atoms with van der Waals surface area (Å²) >= 11 is 1.47. The molecule has 0 atom stereocenters. The Balaban J connectivity index is 1.48. The maximum Gasteiger partial charge on any atom is 0.261 e. The van der Waals surface area contributed by atoms with E-state index >= 15 is 0 Å². The maximum absolute atomic E-state index is 12.8. The number of hydrogen-bond donors (Lipinski definition) is 1. The summed E-state index contributed by atoms with van der Waals surface area (Å²) in [6.45, 7) is 6.61. The Morgan fingerprint density at radius 1 is 1.03 bits per heavy atom. The third-order valence-electron chi connectivity index (χ3n) is 4.41. The van der Waals surface area contributed by atoms with Gasteiger partial charge in [-0.3, -0.25) is 4.72 Å². The maximum atomic E-state index is 12.8. The van der Waals surface area contributed by atoms with Crippen LogP contribution < -0.4 is 9.46 Å². The van der Waals surface area contributed by atoms with Crippen LogP contribution in [0.25, 0.3) is 21.5 Å². The first-order chi connectivity index (χ1) is 14.8. The molecule has 0 unspecified atom stereocenters. The van der Waals surface area contributed by atoms with Crippen molar-refractivity contribution in [2.75, 3.05) is 11.3 Å². The largest absolute Gasteiger partial charge is 0.476 e. The zero-order chi connectivity index (χ0) is 22.0. The van der Waals surface area contributed by atoms with E-state index in [1.807, 2.05) is 13.0 Å². The van der Waals surface area contributed by atoms with E-state index in [-0.39, 0.29) is 4.90 Å². The number of hydrogen-bond acceptors (Lipinski definition) is 7. The van der Waals surface area contributed by atoms with Crippen molar-refractivity contribution >= 4 is 37.3 Å². The molecule has 2 heterocycles. The topological polar surface area (TPSA) is 94.1 Å². The van der Waals surface area contributed by atoms with Crippen LogP contribution in [0.3, 0.4) is 0 Å². The van der Waals surface area contributed by atoms with Crippen LogP contribution in [0, 0.1) is 12.8 Å². The van der Waals surface area contributed by atoms with E-state index in [0.29, 0.717) is 29.8 Å². The summed E-state index contributed by atoms with van der Waals surface area (Å²) in [5, 5.41) is 9.18. The van der Waals surface area contributed by atoms with Crippen LogP contribution in [-0.2, 0) is 10.0 Å². The van der Waals surface area contributed by atoms with Crippen molar-refractivity contribution in [3.63, 3.8) is 0 Å². The van der Waals surface area contributed by atoms with Gasteiger partial charge in [0.2, 0.25) is 5.88 Å². The zero-order valence-corrected chi connectivity index (χ0v) is 19.0. The zero-order valence-electron chi connectivity index (χ0n) is 17.4. The molecule has 0 fully saturated rings.